The molecule has 0 radical (unpaired) electrons. The Labute approximate surface area is 94.2 Å². The summed E-state index contributed by atoms with van der Waals surface area (Å²) in [6, 6.07) is 7.21. The molecule has 0 fully saturated rings. The van der Waals surface area contributed by atoms with Gasteiger partial charge in [0.15, 0.2) is 0 Å². The molecule has 0 unspecified atom stereocenters. The van der Waals surface area contributed by atoms with Gasteiger partial charge in [0, 0.05) is 12.5 Å². The summed E-state index contributed by atoms with van der Waals surface area (Å²) in [6.07, 6.45) is -0.983. The lowest BCUT2D eigenvalue weighted by atomic mass is 10.0. The number of carbonyl (C=O) groups excluding carboxylic acids is 2. The smallest absolute Gasteiger partial charge is 0.351 e. The Morgan fingerprint density at radius 3 is 2.38 bits per heavy atom. The normalized spacial score (nSPS) is 11.7. The van der Waals surface area contributed by atoms with Crippen LogP contribution in [0.4, 0.5) is 0 Å². The fourth-order valence-corrected chi connectivity index (χ4v) is 1.39. The minimum absolute atomic E-state index is 0.515. The van der Waals surface area contributed by atoms with Crippen LogP contribution in [0.25, 0.3) is 0 Å². The number of rotatable bonds is 3. The van der Waals surface area contributed by atoms with Crippen molar-refractivity contribution in [3.05, 3.63) is 35.4 Å². The van der Waals surface area contributed by atoms with Crippen LogP contribution in [-0.2, 0) is 19.1 Å². The molecule has 0 saturated heterocycles. The molecular formula is C12H14O4. The fourth-order valence-electron chi connectivity index (χ4n) is 1.39. The summed E-state index contributed by atoms with van der Waals surface area (Å²) in [4.78, 5) is 22.4. The van der Waals surface area contributed by atoms with Crippen molar-refractivity contribution < 1.29 is 19.1 Å². The van der Waals surface area contributed by atoms with Gasteiger partial charge < -0.3 is 9.47 Å². The van der Waals surface area contributed by atoms with Gasteiger partial charge in [-0.2, -0.15) is 0 Å². The van der Waals surface area contributed by atoms with Crippen LogP contribution in [0.15, 0.2) is 24.3 Å². The van der Waals surface area contributed by atoms with Gasteiger partial charge >= 0.3 is 11.9 Å². The van der Waals surface area contributed by atoms with Crippen molar-refractivity contribution in [3.63, 3.8) is 0 Å². The molecule has 4 heteroatoms. The van der Waals surface area contributed by atoms with E-state index in [0.29, 0.717) is 5.56 Å². The number of carbonyl (C=O) groups is 2. The van der Waals surface area contributed by atoms with Gasteiger partial charge in [0.2, 0.25) is 6.10 Å². The summed E-state index contributed by atoms with van der Waals surface area (Å²) in [5, 5.41) is 0. The van der Waals surface area contributed by atoms with Gasteiger partial charge in [-0.05, 0) is 12.5 Å². The van der Waals surface area contributed by atoms with Gasteiger partial charge in [0.25, 0.3) is 0 Å². The third-order valence-electron chi connectivity index (χ3n) is 2.17. The lowest BCUT2D eigenvalue weighted by Gasteiger charge is -2.16. The van der Waals surface area contributed by atoms with Crippen molar-refractivity contribution in [3.8, 4) is 0 Å². The van der Waals surface area contributed by atoms with Gasteiger partial charge in [0.05, 0.1) is 7.11 Å². The number of aryl methyl sites for hydroxylation is 1. The number of esters is 2. The summed E-state index contributed by atoms with van der Waals surface area (Å²) in [6.45, 7) is 3.10. The van der Waals surface area contributed by atoms with E-state index in [0.717, 1.165) is 5.56 Å². The highest BCUT2D eigenvalue weighted by Gasteiger charge is 2.25. The average Bonchev–Trinajstić information content (AvgIpc) is 2.26. The van der Waals surface area contributed by atoms with E-state index in [2.05, 4.69) is 4.74 Å². The number of methoxy groups -OCH3 is 1. The first-order valence-electron chi connectivity index (χ1n) is 4.87. The minimum atomic E-state index is -0.983. The molecule has 0 spiro atoms. The molecule has 4 nitrogen and oxygen atoms in total. The lowest BCUT2D eigenvalue weighted by molar-refractivity contribution is -0.165. The minimum Gasteiger partial charge on any atom is -0.466 e. The molecule has 0 bridgehead atoms. The van der Waals surface area contributed by atoms with Crippen molar-refractivity contribution in [2.75, 3.05) is 7.11 Å². The first kappa shape index (κ1) is 12.2. The predicted octanol–water partition coefficient (Wildman–Crippen LogP) is 1.77. The number of hydrogen-bond donors (Lipinski definition) is 0. The van der Waals surface area contributed by atoms with Gasteiger partial charge in [-0.15, -0.1) is 0 Å². The molecule has 0 aromatic heterocycles. The van der Waals surface area contributed by atoms with E-state index in [1.807, 2.05) is 19.1 Å². The van der Waals surface area contributed by atoms with Crippen molar-refractivity contribution in [1.29, 1.82) is 0 Å². The molecule has 0 aliphatic heterocycles. The highest BCUT2D eigenvalue weighted by molar-refractivity contribution is 5.80. The number of ether oxygens (including phenoxy) is 2. The van der Waals surface area contributed by atoms with E-state index in [1.165, 1.54) is 14.0 Å². The predicted molar refractivity (Wildman–Crippen MR) is 57.7 cm³/mol. The Balaban J connectivity index is 3.06. The van der Waals surface area contributed by atoms with Crippen LogP contribution in [0, 0.1) is 6.92 Å². The van der Waals surface area contributed by atoms with Crippen LogP contribution in [0.1, 0.15) is 24.2 Å². The second-order valence-electron chi connectivity index (χ2n) is 3.37. The molecule has 0 amide bonds. The number of benzene rings is 1. The molecule has 0 saturated carbocycles. The topological polar surface area (TPSA) is 52.6 Å². The molecule has 86 valence electrons. The SMILES string of the molecule is COC(=O)[C@@H](OC(C)=O)c1ccccc1C. The maximum atomic E-state index is 11.5. The van der Waals surface area contributed by atoms with Gasteiger partial charge in [-0.3, -0.25) is 4.79 Å². The molecule has 0 aliphatic rings. The third-order valence-corrected chi connectivity index (χ3v) is 2.17. The Hall–Kier alpha value is -1.84. The first-order valence-corrected chi connectivity index (χ1v) is 4.87. The Morgan fingerprint density at radius 2 is 1.88 bits per heavy atom. The maximum Gasteiger partial charge on any atom is 0.351 e. The molecule has 1 atom stereocenters. The van der Waals surface area contributed by atoms with Crippen molar-refractivity contribution >= 4 is 11.9 Å². The van der Waals surface area contributed by atoms with Gasteiger partial charge in [-0.25, -0.2) is 4.79 Å². The van der Waals surface area contributed by atoms with Crippen molar-refractivity contribution in [2.45, 2.75) is 20.0 Å². The summed E-state index contributed by atoms with van der Waals surface area (Å²) in [7, 11) is 1.26. The van der Waals surface area contributed by atoms with Crippen LogP contribution in [-0.4, -0.2) is 19.0 Å². The Morgan fingerprint density at radius 1 is 1.25 bits per heavy atom. The van der Waals surface area contributed by atoms with Crippen molar-refractivity contribution in [1.82, 2.24) is 0 Å². The van der Waals surface area contributed by atoms with Crippen LogP contribution in [0.3, 0.4) is 0 Å². The summed E-state index contributed by atoms with van der Waals surface area (Å²) in [5.41, 5.74) is 1.52. The molecule has 1 aromatic rings. The highest BCUT2D eigenvalue weighted by atomic mass is 16.6. The Bertz CT molecular complexity index is 398. The summed E-state index contributed by atoms with van der Waals surface area (Å²) >= 11 is 0. The standard InChI is InChI=1S/C12H14O4/c1-8-6-4-5-7-10(8)11(12(14)15-3)16-9(2)13/h4-7,11H,1-3H3/t11-/m0/s1. The molecule has 0 aliphatic carbocycles. The molecule has 1 rings (SSSR count). The summed E-state index contributed by atoms with van der Waals surface area (Å²) in [5.74, 6) is -1.09. The second-order valence-corrected chi connectivity index (χ2v) is 3.37. The van der Waals surface area contributed by atoms with Gasteiger partial charge in [-0.1, -0.05) is 24.3 Å². The van der Waals surface area contributed by atoms with E-state index in [4.69, 9.17) is 4.74 Å². The maximum absolute atomic E-state index is 11.5. The fraction of sp³-hybridized carbons (Fsp3) is 0.333. The monoisotopic (exact) mass is 222 g/mol. The Kier molecular flexibility index (Phi) is 4.05. The second kappa shape index (κ2) is 5.30. The number of hydrogen-bond acceptors (Lipinski definition) is 4. The van der Waals surface area contributed by atoms with Crippen LogP contribution >= 0.6 is 0 Å². The zero-order valence-corrected chi connectivity index (χ0v) is 9.52. The molecule has 0 N–H and O–H groups in total. The van der Waals surface area contributed by atoms with E-state index < -0.39 is 18.0 Å². The van der Waals surface area contributed by atoms with Crippen LogP contribution in [0.2, 0.25) is 0 Å². The average molecular weight is 222 g/mol. The molecular weight excluding hydrogens is 208 g/mol. The highest BCUT2D eigenvalue weighted by Crippen LogP contribution is 2.22. The van der Waals surface area contributed by atoms with Crippen LogP contribution in [0.5, 0.6) is 0 Å². The largest absolute Gasteiger partial charge is 0.466 e. The lowest BCUT2D eigenvalue weighted by Crippen LogP contribution is -2.20. The van der Waals surface area contributed by atoms with E-state index >= 15 is 0 Å². The first-order chi connectivity index (χ1) is 7.56. The quantitative estimate of drug-likeness (QED) is 0.731. The summed E-state index contributed by atoms with van der Waals surface area (Å²) < 4.78 is 9.56. The zero-order valence-electron chi connectivity index (χ0n) is 9.52. The van der Waals surface area contributed by atoms with E-state index in [1.54, 1.807) is 12.1 Å². The van der Waals surface area contributed by atoms with E-state index in [-0.39, 0.29) is 0 Å². The van der Waals surface area contributed by atoms with Gasteiger partial charge in [0.1, 0.15) is 0 Å². The molecule has 0 heterocycles. The third kappa shape index (κ3) is 2.82. The van der Waals surface area contributed by atoms with Crippen molar-refractivity contribution in [2.24, 2.45) is 0 Å². The molecule has 16 heavy (non-hydrogen) atoms. The molecule has 1 aromatic carbocycles. The van der Waals surface area contributed by atoms with Crippen LogP contribution < -0.4 is 0 Å². The van der Waals surface area contributed by atoms with E-state index in [9.17, 15) is 9.59 Å². The zero-order chi connectivity index (χ0) is 12.1.